The molecule has 0 aromatic rings. The van der Waals surface area contributed by atoms with Crippen molar-refractivity contribution in [3.05, 3.63) is 12.2 Å². The Morgan fingerprint density at radius 2 is 2.00 bits per heavy atom. The second kappa shape index (κ2) is 3.65. The summed E-state index contributed by atoms with van der Waals surface area (Å²) >= 11 is 0. The van der Waals surface area contributed by atoms with Gasteiger partial charge >= 0.3 is 0 Å². The molecule has 1 saturated carbocycles. The summed E-state index contributed by atoms with van der Waals surface area (Å²) < 4.78 is 0. The first-order valence-corrected chi connectivity index (χ1v) is 5.48. The van der Waals surface area contributed by atoms with Gasteiger partial charge < -0.3 is 4.79 Å². The third kappa shape index (κ3) is 1.45. The lowest BCUT2D eigenvalue weighted by Crippen LogP contribution is -2.18. The van der Waals surface area contributed by atoms with Gasteiger partial charge in [-0.2, -0.15) is 0 Å². The fourth-order valence-corrected chi connectivity index (χ4v) is 3.32. The summed E-state index contributed by atoms with van der Waals surface area (Å²) in [5.41, 5.74) is 0. The SMILES string of the molecule is CCC1C2C=CC(C2)C1CCC=O. The Morgan fingerprint density at radius 3 is 2.62 bits per heavy atom. The summed E-state index contributed by atoms with van der Waals surface area (Å²) in [6.07, 6.45) is 10.4. The molecule has 4 atom stereocenters. The summed E-state index contributed by atoms with van der Waals surface area (Å²) in [6, 6.07) is 0. The van der Waals surface area contributed by atoms with Gasteiger partial charge in [0.1, 0.15) is 6.29 Å². The lowest BCUT2D eigenvalue weighted by atomic mass is 9.79. The standard InChI is InChI=1S/C12H18O/c1-2-11-9-5-6-10(8-9)12(11)4-3-7-13/h5-7,9-12H,2-4,8H2,1H3. The van der Waals surface area contributed by atoms with E-state index in [1.807, 2.05) is 0 Å². The molecule has 2 aliphatic carbocycles. The van der Waals surface area contributed by atoms with E-state index in [0.717, 1.165) is 42.8 Å². The zero-order valence-electron chi connectivity index (χ0n) is 8.28. The Hall–Kier alpha value is -0.590. The van der Waals surface area contributed by atoms with Crippen LogP contribution >= 0.6 is 0 Å². The van der Waals surface area contributed by atoms with Crippen molar-refractivity contribution < 1.29 is 4.79 Å². The molecule has 0 aliphatic heterocycles. The molecule has 0 aromatic heterocycles. The molecule has 2 rings (SSSR count). The van der Waals surface area contributed by atoms with Crippen LogP contribution in [0.3, 0.4) is 0 Å². The summed E-state index contributed by atoms with van der Waals surface area (Å²) in [5.74, 6) is 3.32. The molecular weight excluding hydrogens is 160 g/mol. The predicted molar refractivity (Wildman–Crippen MR) is 53.3 cm³/mol. The molecule has 72 valence electrons. The zero-order chi connectivity index (χ0) is 9.26. The van der Waals surface area contributed by atoms with E-state index in [4.69, 9.17) is 0 Å². The molecule has 0 saturated heterocycles. The Morgan fingerprint density at radius 1 is 1.31 bits per heavy atom. The Labute approximate surface area is 80.2 Å². The Balaban J connectivity index is 2.00. The van der Waals surface area contributed by atoms with E-state index in [1.54, 1.807) is 0 Å². The van der Waals surface area contributed by atoms with E-state index in [2.05, 4.69) is 19.1 Å². The molecule has 1 nitrogen and oxygen atoms in total. The molecule has 0 aromatic carbocycles. The highest BCUT2D eigenvalue weighted by Gasteiger charge is 2.42. The molecule has 0 radical (unpaired) electrons. The average molecular weight is 178 g/mol. The maximum Gasteiger partial charge on any atom is 0.120 e. The van der Waals surface area contributed by atoms with Crippen LogP contribution < -0.4 is 0 Å². The van der Waals surface area contributed by atoms with Crippen LogP contribution in [0.25, 0.3) is 0 Å². The number of fused-ring (bicyclic) bond motifs is 2. The van der Waals surface area contributed by atoms with E-state index in [1.165, 1.54) is 12.8 Å². The summed E-state index contributed by atoms with van der Waals surface area (Å²) in [5, 5.41) is 0. The van der Waals surface area contributed by atoms with Gasteiger partial charge in [-0.15, -0.1) is 0 Å². The highest BCUT2D eigenvalue weighted by molar-refractivity contribution is 5.49. The summed E-state index contributed by atoms with van der Waals surface area (Å²) in [4.78, 5) is 10.3. The molecular formula is C12H18O. The Bertz CT molecular complexity index is 219. The number of aldehydes is 1. The fourth-order valence-electron chi connectivity index (χ4n) is 3.32. The van der Waals surface area contributed by atoms with Crippen molar-refractivity contribution in [2.24, 2.45) is 23.7 Å². The van der Waals surface area contributed by atoms with Gasteiger partial charge in [-0.25, -0.2) is 0 Å². The van der Waals surface area contributed by atoms with Crippen LogP contribution in [-0.2, 0) is 4.79 Å². The number of allylic oxidation sites excluding steroid dienone is 2. The lowest BCUT2D eigenvalue weighted by Gasteiger charge is -2.26. The van der Waals surface area contributed by atoms with Crippen molar-refractivity contribution in [1.29, 1.82) is 0 Å². The van der Waals surface area contributed by atoms with Crippen LogP contribution in [0.1, 0.15) is 32.6 Å². The molecule has 4 unspecified atom stereocenters. The highest BCUT2D eigenvalue weighted by Crippen LogP contribution is 2.50. The van der Waals surface area contributed by atoms with E-state index in [9.17, 15) is 4.79 Å². The van der Waals surface area contributed by atoms with Crippen LogP contribution in [0.4, 0.5) is 0 Å². The van der Waals surface area contributed by atoms with Gasteiger partial charge in [0.15, 0.2) is 0 Å². The van der Waals surface area contributed by atoms with E-state index in [0.29, 0.717) is 0 Å². The molecule has 0 amide bonds. The first kappa shape index (κ1) is 8.98. The van der Waals surface area contributed by atoms with Gasteiger partial charge in [-0.05, 0) is 36.5 Å². The quantitative estimate of drug-likeness (QED) is 0.478. The second-order valence-electron chi connectivity index (χ2n) is 4.43. The second-order valence-corrected chi connectivity index (χ2v) is 4.43. The third-order valence-corrected chi connectivity index (χ3v) is 3.89. The molecule has 0 spiro atoms. The molecule has 2 aliphatic rings. The van der Waals surface area contributed by atoms with Crippen molar-refractivity contribution in [3.63, 3.8) is 0 Å². The van der Waals surface area contributed by atoms with Gasteiger partial charge in [0.2, 0.25) is 0 Å². The van der Waals surface area contributed by atoms with Gasteiger partial charge in [-0.1, -0.05) is 25.5 Å². The molecule has 0 heterocycles. The maximum absolute atomic E-state index is 10.3. The topological polar surface area (TPSA) is 17.1 Å². The highest BCUT2D eigenvalue weighted by atomic mass is 16.1. The fraction of sp³-hybridized carbons (Fsp3) is 0.750. The molecule has 2 bridgehead atoms. The largest absolute Gasteiger partial charge is 0.303 e. The summed E-state index contributed by atoms with van der Waals surface area (Å²) in [7, 11) is 0. The predicted octanol–water partition coefficient (Wildman–Crippen LogP) is 2.81. The lowest BCUT2D eigenvalue weighted by molar-refractivity contribution is -0.108. The monoisotopic (exact) mass is 178 g/mol. The third-order valence-electron chi connectivity index (χ3n) is 3.89. The van der Waals surface area contributed by atoms with Crippen LogP contribution in [-0.4, -0.2) is 6.29 Å². The smallest absolute Gasteiger partial charge is 0.120 e. The van der Waals surface area contributed by atoms with Crippen molar-refractivity contribution in [2.45, 2.75) is 32.6 Å². The minimum absolute atomic E-state index is 0.762. The van der Waals surface area contributed by atoms with Crippen LogP contribution in [0.2, 0.25) is 0 Å². The number of hydrogen-bond acceptors (Lipinski definition) is 1. The van der Waals surface area contributed by atoms with Crippen LogP contribution in [0, 0.1) is 23.7 Å². The Kier molecular flexibility index (Phi) is 2.52. The first-order chi connectivity index (χ1) is 6.36. The average Bonchev–Trinajstić information content (AvgIpc) is 2.73. The molecule has 13 heavy (non-hydrogen) atoms. The minimum atomic E-state index is 0.762. The number of hydrogen-bond donors (Lipinski definition) is 0. The zero-order valence-corrected chi connectivity index (χ0v) is 8.28. The van der Waals surface area contributed by atoms with Crippen molar-refractivity contribution in [1.82, 2.24) is 0 Å². The minimum Gasteiger partial charge on any atom is -0.303 e. The van der Waals surface area contributed by atoms with E-state index >= 15 is 0 Å². The number of rotatable bonds is 4. The first-order valence-electron chi connectivity index (χ1n) is 5.48. The van der Waals surface area contributed by atoms with Crippen molar-refractivity contribution >= 4 is 6.29 Å². The van der Waals surface area contributed by atoms with Crippen LogP contribution in [0.15, 0.2) is 12.2 Å². The van der Waals surface area contributed by atoms with Gasteiger partial charge in [0, 0.05) is 6.42 Å². The van der Waals surface area contributed by atoms with Crippen molar-refractivity contribution in [3.8, 4) is 0 Å². The molecule has 0 N–H and O–H groups in total. The maximum atomic E-state index is 10.3. The molecule has 1 heteroatoms. The van der Waals surface area contributed by atoms with Gasteiger partial charge in [0.05, 0.1) is 0 Å². The van der Waals surface area contributed by atoms with Gasteiger partial charge in [-0.3, -0.25) is 0 Å². The number of carbonyl (C=O) groups excluding carboxylic acids is 1. The van der Waals surface area contributed by atoms with Gasteiger partial charge in [0.25, 0.3) is 0 Å². The van der Waals surface area contributed by atoms with Crippen LogP contribution in [0.5, 0.6) is 0 Å². The van der Waals surface area contributed by atoms with Crippen molar-refractivity contribution in [2.75, 3.05) is 0 Å². The normalized spacial score (nSPS) is 41.3. The van der Waals surface area contributed by atoms with E-state index in [-0.39, 0.29) is 0 Å². The van der Waals surface area contributed by atoms with E-state index < -0.39 is 0 Å². The summed E-state index contributed by atoms with van der Waals surface area (Å²) in [6.45, 7) is 2.28. The number of carbonyl (C=O) groups is 1. The molecule has 1 fully saturated rings.